The number of alkyl halides is 2. The lowest BCUT2D eigenvalue weighted by atomic mass is 10.0. The van der Waals surface area contributed by atoms with Gasteiger partial charge in [0.1, 0.15) is 17.7 Å². The molecule has 2 N–H and O–H groups in total. The number of aliphatic hydroxyl groups excluding tert-OH is 2. The molecule has 0 radical (unpaired) electrons. The first-order valence-electron chi connectivity index (χ1n) is 5.64. The van der Waals surface area contributed by atoms with Gasteiger partial charge in [0.15, 0.2) is 6.10 Å². The minimum absolute atomic E-state index is 0.0692. The number of hydrogen-bond donors (Lipinski definition) is 2. The van der Waals surface area contributed by atoms with Crippen LogP contribution in [0.5, 0.6) is 5.75 Å². The number of hydrogen-bond acceptors (Lipinski definition) is 5. The quantitative estimate of drug-likeness (QED) is 0.775. The van der Waals surface area contributed by atoms with Crippen LogP contribution in [0.3, 0.4) is 0 Å². The van der Waals surface area contributed by atoms with Crippen LogP contribution in [0.2, 0.25) is 0 Å². The topological polar surface area (TPSA) is 76.0 Å². The van der Waals surface area contributed by atoms with Crippen molar-refractivity contribution in [1.82, 2.24) is 0 Å². The van der Waals surface area contributed by atoms with Gasteiger partial charge >= 0.3 is 12.6 Å². The minimum atomic E-state index is -3.25. The van der Waals surface area contributed by atoms with Gasteiger partial charge in [-0.2, -0.15) is 8.78 Å². The van der Waals surface area contributed by atoms with Crippen molar-refractivity contribution in [3.05, 3.63) is 29.6 Å². The van der Waals surface area contributed by atoms with Gasteiger partial charge in [0.25, 0.3) is 0 Å². The molecule has 0 aliphatic heterocycles. The molecular weight excluding hydrogens is 281 g/mol. The van der Waals surface area contributed by atoms with Crippen molar-refractivity contribution in [3.63, 3.8) is 0 Å². The summed E-state index contributed by atoms with van der Waals surface area (Å²) < 4.78 is 46.5. The largest absolute Gasteiger partial charge is 0.464 e. The second-order valence-corrected chi connectivity index (χ2v) is 3.67. The fourth-order valence-electron chi connectivity index (χ4n) is 1.52. The molecule has 8 heteroatoms. The Labute approximate surface area is 112 Å². The van der Waals surface area contributed by atoms with E-state index in [0.29, 0.717) is 0 Å². The molecular formula is C12H13F3O5. The van der Waals surface area contributed by atoms with Crippen molar-refractivity contribution in [2.45, 2.75) is 25.7 Å². The van der Waals surface area contributed by atoms with Crippen molar-refractivity contribution >= 4 is 5.97 Å². The number of carbonyl (C=O) groups excluding carboxylic acids is 1. The zero-order valence-corrected chi connectivity index (χ0v) is 10.4. The number of halogens is 3. The molecule has 5 nitrogen and oxygen atoms in total. The fourth-order valence-corrected chi connectivity index (χ4v) is 1.52. The van der Waals surface area contributed by atoms with E-state index in [-0.39, 0.29) is 6.61 Å². The number of benzene rings is 1. The monoisotopic (exact) mass is 294 g/mol. The maximum absolute atomic E-state index is 13.6. The SMILES string of the molecule is CCOC(=O)C(O)C(O)c1c(F)cccc1OC(F)F. The minimum Gasteiger partial charge on any atom is -0.464 e. The first kappa shape index (κ1) is 16.3. The normalized spacial score (nSPS) is 13.9. The molecule has 0 fully saturated rings. The smallest absolute Gasteiger partial charge is 0.387 e. The third-order valence-electron chi connectivity index (χ3n) is 2.35. The van der Waals surface area contributed by atoms with Gasteiger partial charge in [-0.25, -0.2) is 9.18 Å². The van der Waals surface area contributed by atoms with Crippen LogP contribution >= 0.6 is 0 Å². The Hall–Kier alpha value is -1.80. The first-order chi connectivity index (χ1) is 9.38. The van der Waals surface area contributed by atoms with Crippen molar-refractivity contribution in [2.75, 3.05) is 6.61 Å². The highest BCUT2D eigenvalue weighted by atomic mass is 19.3. The van der Waals surface area contributed by atoms with E-state index < -0.39 is 41.9 Å². The summed E-state index contributed by atoms with van der Waals surface area (Å²) in [6.07, 6.45) is -4.21. The summed E-state index contributed by atoms with van der Waals surface area (Å²) in [6.45, 7) is -1.85. The van der Waals surface area contributed by atoms with Gasteiger partial charge in [0.05, 0.1) is 12.2 Å². The molecule has 112 valence electrons. The van der Waals surface area contributed by atoms with Gasteiger partial charge in [-0.05, 0) is 19.1 Å². The fraction of sp³-hybridized carbons (Fsp3) is 0.417. The average molecular weight is 294 g/mol. The van der Waals surface area contributed by atoms with Gasteiger partial charge in [-0.15, -0.1) is 0 Å². The third-order valence-corrected chi connectivity index (χ3v) is 2.35. The van der Waals surface area contributed by atoms with Crippen LogP contribution in [0, 0.1) is 5.82 Å². The summed E-state index contributed by atoms with van der Waals surface area (Å²) >= 11 is 0. The molecule has 0 aromatic heterocycles. The standard InChI is InChI=1S/C12H13F3O5/c1-2-19-11(18)10(17)9(16)8-6(13)4-3-5-7(8)20-12(14)15/h3-5,9-10,12,16-17H,2H2,1H3. The summed E-state index contributed by atoms with van der Waals surface area (Å²) in [7, 11) is 0. The molecule has 0 heterocycles. The second-order valence-electron chi connectivity index (χ2n) is 3.67. The summed E-state index contributed by atoms with van der Waals surface area (Å²) in [4.78, 5) is 11.3. The van der Waals surface area contributed by atoms with Crippen LogP contribution in [-0.2, 0) is 9.53 Å². The highest BCUT2D eigenvalue weighted by Gasteiger charge is 2.32. The van der Waals surface area contributed by atoms with E-state index in [1.165, 1.54) is 6.92 Å². The molecule has 1 aromatic carbocycles. The number of rotatable bonds is 6. The van der Waals surface area contributed by atoms with E-state index in [1.54, 1.807) is 0 Å². The van der Waals surface area contributed by atoms with Gasteiger partial charge in [-0.3, -0.25) is 0 Å². The summed E-state index contributed by atoms with van der Waals surface area (Å²) in [5.74, 6) is -2.97. The number of ether oxygens (including phenoxy) is 2. The van der Waals surface area contributed by atoms with Crippen molar-refractivity contribution < 1.29 is 37.7 Å². The van der Waals surface area contributed by atoms with Gasteiger partial charge in [0, 0.05) is 0 Å². The predicted molar refractivity (Wildman–Crippen MR) is 60.6 cm³/mol. The van der Waals surface area contributed by atoms with Gasteiger partial charge in [-0.1, -0.05) is 6.07 Å². The van der Waals surface area contributed by atoms with Crippen LogP contribution in [-0.4, -0.2) is 35.5 Å². The molecule has 20 heavy (non-hydrogen) atoms. The molecule has 1 aromatic rings. The highest BCUT2D eigenvalue weighted by molar-refractivity contribution is 5.75. The van der Waals surface area contributed by atoms with E-state index in [2.05, 4.69) is 9.47 Å². The molecule has 0 spiro atoms. The van der Waals surface area contributed by atoms with E-state index in [9.17, 15) is 28.2 Å². The van der Waals surface area contributed by atoms with Crippen LogP contribution in [0.25, 0.3) is 0 Å². The predicted octanol–water partition coefficient (Wildman–Crippen LogP) is 1.38. The van der Waals surface area contributed by atoms with Gasteiger partial charge < -0.3 is 19.7 Å². The van der Waals surface area contributed by atoms with Gasteiger partial charge in [0.2, 0.25) is 0 Å². The summed E-state index contributed by atoms with van der Waals surface area (Å²) in [5.41, 5.74) is -0.742. The van der Waals surface area contributed by atoms with E-state index in [1.807, 2.05) is 0 Å². The first-order valence-corrected chi connectivity index (χ1v) is 5.64. The van der Waals surface area contributed by atoms with E-state index >= 15 is 0 Å². The molecule has 0 saturated carbocycles. The second kappa shape index (κ2) is 7.11. The molecule has 2 unspecified atom stereocenters. The van der Waals surface area contributed by atoms with E-state index in [0.717, 1.165) is 18.2 Å². The molecule has 0 saturated heterocycles. The zero-order chi connectivity index (χ0) is 15.3. The molecule has 0 aliphatic rings. The summed E-state index contributed by atoms with van der Waals surface area (Å²) in [5, 5.41) is 19.3. The molecule has 0 bridgehead atoms. The number of carbonyl (C=O) groups is 1. The number of esters is 1. The zero-order valence-electron chi connectivity index (χ0n) is 10.4. The highest BCUT2D eigenvalue weighted by Crippen LogP contribution is 2.31. The Kier molecular flexibility index (Phi) is 5.78. The molecule has 1 rings (SSSR count). The van der Waals surface area contributed by atoms with Crippen LogP contribution in [0.4, 0.5) is 13.2 Å². The van der Waals surface area contributed by atoms with Crippen molar-refractivity contribution in [3.8, 4) is 5.75 Å². The molecule has 2 atom stereocenters. The Balaban J connectivity index is 3.07. The van der Waals surface area contributed by atoms with Crippen LogP contribution in [0.15, 0.2) is 18.2 Å². The Morgan fingerprint density at radius 1 is 1.35 bits per heavy atom. The van der Waals surface area contributed by atoms with Crippen LogP contribution in [0.1, 0.15) is 18.6 Å². The van der Waals surface area contributed by atoms with E-state index in [4.69, 9.17) is 0 Å². The maximum Gasteiger partial charge on any atom is 0.387 e. The number of aliphatic hydroxyl groups is 2. The lowest BCUT2D eigenvalue weighted by molar-refractivity contribution is -0.159. The van der Waals surface area contributed by atoms with Crippen molar-refractivity contribution in [2.24, 2.45) is 0 Å². The Bertz CT molecular complexity index is 466. The summed E-state index contributed by atoms with van der Waals surface area (Å²) in [6, 6.07) is 2.93. The molecule has 0 amide bonds. The van der Waals surface area contributed by atoms with Crippen LogP contribution < -0.4 is 4.74 Å². The Morgan fingerprint density at radius 3 is 2.55 bits per heavy atom. The van der Waals surface area contributed by atoms with Crippen molar-refractivity contribution in [1.29, 1.82) is 0 Å². The lowest BCUT2D eigenvalue weighted by Gasteiger charge is -2.20. The lowest BCUT2D eigenvalue weighted by Crippen LogP contribution is -2.30. The molecule has 0 aliphatic carbocycles. The average Bonchev–Trinajstić information content (AvgIpc) is 2.37. The Morgan fingerprint density at radius 2 is 2.00 bits per heavy atom. The third kappa shape index (κ3) is 3.84. The maximum atomic E-state index is 13.6.